The molecule has 106 valence electrons. The molecule has 0 spiro atoms. The predicted octanol–water partition coefficient (Wildman–Crippen LogP) is 0.464. The van der Waals surface area contributed by atoms with E-state index in [1.165, 1.54) is 0 Å². The number of hydrogen-bond acceptors (Lipinski definition) is 4. The van der Waals surface area contributed by atoms with Crippen LogP contribution in [-0.4, -0.2) is 31.1 Å². The van der Waals surface area contributed by atoms with Gasteiger partial charge in [-0.1, -0.05) is 13.3 Å². The van der Waals surface area contributed by atoms with Crippen LogP contribution < -0.4 is 10.5 Å². The van der Waals surface area contributed by atoms with Gasteiger partial charge in [0.1, 0.15) is 4.90 Å². The van der Waals surface area contributed by atoms with Crippen LogP contribution in [0, 0.1) is 0 Å². The van der Waals surface area contributed by atoms with Gasteiger partial charge in [-0.3, -0.25) is 9.89 Å². The number of primary sulfonamides is 1. The van der Waals surface area contributed by atoms with E-state index in [0.717, 1.165) is 25.7 Å². The average molecular weight is 286 g/mol. The summed E-state index contributed by atoms with van der Waals surface area (Å²) in [6.45, 7) is 2.49. The maximum Gasteiger partial charge on any atom is 0.273 e. The van der Waals surface area contributed by atoms with E-state index in [0.29, 0.717) is 12.2 Å². The maximum atomic E-state index is 11.9. The van der Waals surface area contributed by atoms with Crippen LogP contribution in [0.25, 0.3) is 0 Å². The van der Waals surface area contributed by atoms with E-state index in [1.807, 2.05) is 6.92 Å². The average Bonchev–Trinajstić information content (AvgIpc) is 3.06. The fourth-order valence-corrected chi connectivity index (χ4v) is 2.82. The first-order valence-corrected chi connectivity index (χ1v) is 7.89. The minimum atomic E-state index is -3.96. The molecule has 0 bridgehead atoms. The van der Waals surface area contributed by atoms with E-state index in [9.17, 15) is 13.2 Å². The van der Waals surface area contributed by atoms with Crippen molar-refractivity contribution in [1.29, 1.82) is 0 Å². The van der Waals surface area contributed by atoms with E-state index in [-0.39, 0.29) is 16.5 Å². The van der Waals surface area contributed by atoms with Gasteiger partial charge in [0.15, 0.2) is 5.69 Å². The van der Waals surface area contributed by atoms with Gasteiger partial charge in [0.2, 0.25) is 10.0 Å². The van der Waals surface area contributed by atoms with Gasteiger partial charge in [0, 0.05) is 12.5 Å². The summed E-state index contributed by atoms with van der Waals surface area (Å²) in [7, 11) is -3.96. The normalized spacial score (nSPS) is 15.5. The molecule has 4 N–H and O–H groups in total. The first kappa shape index (κ1) is 14.0. The van der Waals surface area contributed by atoms with Crippen LogP contribution in [0.15, 0.2) is 4.90 Å². The first-order chi connectivity index (χ1) is 8.95. The number of aromatic nitrogens is 2. The number of H-pyrrole nitrogens is 1. The number of rotatable bonds is 6. The zero-order valence-electron chi connectivity index (χ0n) is 10.8. The number of aromatic amines is 1. The number of carbonyl (C=O) groups is 1. The van der Waals surface area contributed by atoms with Crippen molar-refractivity contribution in [2.75, 3.05) is 6.54 Å². The third-order valence-corrected chi connectivity index (χ3v) is 4.03. The molecule has 2 rings (SSSR count). The zero-order valence-corrected chi connectivity index (χ0v) is 11.6. The summed E-state index contributed by atoms with van der Waals surface area (Å²) in [6.07, 6.45) is 3.55. The quantitative estimate of drug-likeness (QED) is 0.658. The second kappa shape index (κ2) is 5.30. The Bertz CT molecular complexity index is 575. The summed E-state index contributed by atoms with van der Waals surface area (Å²) in [6, 6.07) is 0. The molecule has 1 aliphatic rings. The van der Waals surface area contributed by atoms with Crippen LogP contribution in [0.3, 0.4) is 0 Å². The highest BCUT2D eigenvalue weighted by atomic mass is 32.2. The smallest absolute Gasteiger partial charge is 0.273 e. The van der Waals surface area contributed by atoms with Gasteiger partial charge in [0.05, 0.1) is 5.69 Å². The Morgan fingerprint density at radius 3 is 2.74 bits per heavy atom. The number of nitrogens with zero attached hydrogens (tertiary/aromatic N) is 1. The third-order valence-electron chi connectivity index (χ3n) is 3.05. The molecule has 0 aromatic carbocycles. The summed E-state index contributed by atoms with van der Waals surface area (Å²) in [5, 5.41) is 14.3. The van der Waals surface area contributed by atoms with Gasteiger partial charge >= 0.3 is 0 Å². The summed E-state index contributed by atoms with van der Waals surface area (Å²) < 4.78 is 23.3. The van der Waals surface area contributed by atoms with Crippen molar-refractivity contribution < 1.29 is 13.2 Å². The second-order valence-electron chi connectivity index (χ2n) is 4.74. The standard InChI is InChI=1S/C11H18N4O3S/c1-2-3-6-13-11(16)9-10(19(12,17)18)8(14-15-9)7-4-5-7/h7H,2-6H2,1H3,(H,13,16)(H,14,15)(H2,12,17,18). The predicted molar refractivity (Wildman–Crippen MR) is 69.2 cm³/mol. The van der Waals surface area contributed by atoms with Crippen molar-refractivity contribution >= 4 is 15.9 Å². The van der Waals surface area contributed by atoms with Crippen molar-refractivity contribution in [3.05, 3.63) is 11.4 Å². The lowest BCUT2D eigenvalue weighted by molar-refractivity contribution is 0.0945. The van der Waals surface area contributed by atoms with Crippen molar-refractivity contribution in [3.8, 4) is 0 Å². The first-order valence-electron chi connectivity index (χ1n) is 6.34. The summed E-state index contributed by atoms with van der Waals surface area (Å²) in [5.41, 5.74) is 0.337. The van der Waals surface area contributed by atoms with E-state index >= 15 is 0 Å². The minimum Gasteiger partial charge on any atom is -0.351 e. The summed E-state index contributed by atoms with van der Waals surface area (Å²) >= 11 is 0. The number of carbonyl (C=O) groups excluding carboxylic acids is 1. The maximum absolute atomic E-state index is 11.9. The molecule has 19 heavy (non-hydrogen) atoms. The molecule has 0 saturated heterocycles. The lowest BCUT2D eigenvalue weighted by atomic mass is 10.2. The lowest BCUT2D eigenvalue weighted by Gasteiger charge is -2.04. The molecular formula is C11H18N4O3S. The van der Waals surface area contributed by atoms with Gasteiger partial charge < -0.3 is 5.32 Å². The molecule has 1 amide bonds. The number of hydrogen-bond donors (Lipinski definition) is 3. The van der Waals surface area contributed by atoms with Crippen LogP contribution in [-0.2, 0) is 10.0 Å². The van der Waals surface area contributed by atoms with Crippen LogP contribution in [0.2, 0.25) is 0 Å². The number of nitrogens with two attached hydrogens (primary N) is 1. The van der Waals surface area contributed by atoms with E-state index in [1.54, 1.807) is 0 Å². The van der Waals surface area contributed by atoms with Gasteiger partial charge in [0.25, 0.3) is 5.91 Å². The Hall–Kier alpha value is -1.41. The molecule has 7 nitrogen and oxygen atoms in total. The molecule has 0 radical (unpaired) electrons. The van der Waals surface area contributed by atoms with E-state index in [4.69, 9.17) is 5.14 Å². The highest BCUT2D eigenvalue weighted by Gasteiger charge is 2.35. The van der Waals surface area contributed by atoms with Crippen molar-refractivity contribution in [2.45, 2.75) is 43.4 Å². The molecule has 0 unspecified atom stereocenters. The molecule has 1 aliphatic carbocycles. The molecule has 1 fully saturated rings. The Labute approximate surface area is 112 Å². The molecule has 1 aromatic rings. The van der Waals surface area contributed by atoms with Crippen molar-refractivity contribution in [1.82, 2.24) is 15.5 Å². The van der Waals surface area contributed by atoms with Crippen molar-refractivity contribution in [2.24, 2.45) is 5.14 Å². The highest BCUT2D eigenvalue weighted by Crippen LogP contribution is 2.42. The monoisotopic (exact) mass is 286 g/mol. The van der Waals surface area contributed by atoms with E-state index in [2.05, 4.69) is 15.5 Å². The molecular weight excluding hydrogens is 268 g/mol. The number of nitrogens with one attached hydrogen (secondary N) is 2. The fraction of sp³-hybridized carbons (Fsp3) is 0.636. The Balaban J connectivity index is 2.27. The largest absolute Gasteiger partial charge is 0.351 e. The van der Waals surface area contributed by atoms with Crippen LogP contribution in [0.5, 0.6) is 0 Å². The molecule has 8 heteroatoms. The molecule has 1 saturated carbocycles. The Kier molecular flexibility index (Phi) is 3.91. The van der Waals surface area contributed by atoms with Gasteiger partial charge in [-0.05, 0) is 19.3 Å². The van der Waals surface area contributed by atoms with Gasteiger partial charge in [-0.15, -0.1) is 0 Å². The SMILES string of the molecule is CCCCNC(=O)c1n[nH]c(C2CC2)c1S(N)(=O)=O. The highest BCUT2D eigenvalue weighted by molar-refractivity contribution is 7.89. The second-order valence-corrected chi connectivity index (χ2v) is 6.24. The van der Waals surface area contributed by atoms with Gasteiger partial charge in [-0.25, -0.2) is 13.6 Å². The summed E-state index contributed by atoms with van der Waals surface area (Å²) in [4.78, 5) is 11.8. The fourth-order valence-electron chi connectivity index (χ4n) is 1.90. The van der Waals surface area contributed by atoms with Crippen molar-refractivity contribution in [3.63, 3.8) is 0 Å². The number of sulfonamides is 1. The Morgan fingerprint density at radius 2 is 2.21 bits per heavy atom. The molecule has 1 heterocycles. The zero-order chi connectivity index (χ0) is 14.0. The van der Waals surface area contributed by atoms with Gasteiger partial charge in [-0.2, -0.15) is 5.10 Å². The number of amides is 1. The van der Waals surface area contributed by atoms with E-state index < -0.39 is 15.9 Å². The lowest BCUT2D eigenvalue weighted by Crippen LogP contribution is -2.27. The molecule has 0 aliphatic heterocycles. The van der Waals surface area contributed by atoms with Crippen LogP contribution in [0.1, 0.15) is 54.7 Å². The van der Waals surface area contributed by atoms with Crippen LogP contribution in [0.4, 0.5) is 0 Å². The van der Waals surface area contributed by atoms with Crippen LogP contribution >= 0.6 is 0 Å². The molecule has 1 aromatic heterocycles. The minimum absolute atomic E-state index is 0.123. The third kappa shape index (κ3) is 3.13. The molecule has 0 atom stereocenters. The Morgan fingerprint density at radius 1 is 1.53 bits per heavy atom. The topological polar surface area (TPSA) is 118 Å². The number of unbranched alkanes of at least 4 members (excludes halogenated alkanes) is 1. The summed E-state index contributed by atoms with van der Waals surface area (Å²) in [5.74, 6) is -0.376.